The van der Waals surface area contributed by atoms with Gasteiger partial charge in [0.05, 0.1) is 23.8 Å². The molecule has 9 nitrogen and oxygen atoms in total. The Labute approximate surface area is 214 Å². The molecule has 0 radical (unpaired) electrons. The minimum atomic E-state index is -4.51. The Morgan fingerprint density at radius 3 is 2.41 bits per heavy atom. The summed E-state index contributed by atoms with van der Waals surface area (Å²) in [5.41, 5.74) is 0.0879. The summed E-state index contributed by atoms with van der Waals surface area (Å²) in [4.78, 5) is 43.5. The van der Waals surface area contributed by atoms with E-state index in [1.54, 1.807) is 11.8 Å². The van der Waals surface area contributed by atoms with E-state index in [0.717, 1.165) is 12.1 Å². The number of rotatable bonds is 6. The number of urea groups is 2. The Bertz CT molecular complexity index is 1030. The van der Waals surface area contributed by atoms with Gasteiger partial charge in [-0.3, -0.25) is 9.80 Å². The molecule has 1 atom stereocenters. The van der Waals surface area contributed by atoms with Gasteiger partial charge >= 0.3 is 24.2 Å². The average Bonchev–Trinajstić information content (AvgIpc) is 3.07. The van der Waals surface area contributed by atoms with E-state index in [-0.39, 0.29) is 30.8 Å². The van der Waals surface area contributed by atoms with E-state index in [1.807, 2.05) is 13.8 Å². The number of nitrogens with zero attached hydrogens (tertiary/aromatic N) is 3. The van der Waals surface area contributed by atoms with Crippen molar-refractivity contribution in [1.82, 2.24) is 25.3 Å². The molecule has 1 fully saturated rings. The second-order valence-electron chi connectivity index (χ2n) is 9.36. The van der Waals surface area contributed by atoms with Crippen molar-refractivity contribution in [2.75, 3.05) is 46.4 Å². The zero-order valence-electron chi connectivity index (χ0n) is 21.5. The summed E-state index contributed by atoms with van der Waals surface area (Å²) in [5, 5.41) is 5.61. The third-order valence-electron chi connectivity index (χ3n) is 6.30. The average molecular weight is 526 g/mol. The van der Waals surface area contributed by atoms with Crippen LogP contribution in [0.4, 0.5) is 22.8 Å². The molecule has 12 heteroatoms. The molecular formula is C25H34F3N5O4. The van der Waals surface area contributed by atoms with E-state index in [4.69, 9.17) is 4.74 Å². The summed E-state index contributed by atoms with van der Waals surface area (Å²) < 4.78 is 44.5. The van der Waals surface area contributed by atoms with Crippen LogP contribution in [0, 0.1) is 0 Å². The molecule has 3 rings (SSSR count). The Morgan fingerprint density at radius 2 is 1.81 bits per heavy atom. The Balaban J connectivity index is 1.91. The number of nitrogens with one attached hydrogen (secondary N) is 2. The molecule has 1 saturated heterocycles. The van der Waals surface area contributed by atoms with Gasteiger partial charge in [-0.05, 0) is 44.9 Å². The molecule has 0 bridgehead atoms. The van der Waals surface area contributed by atoms with Crippen molar-refractivity contribution in [3.05, 3.63) is 46.7 Å². The van der Waals surface area contributed by atoms with Crippen molar-refractivity contribution in [3.8, 4) is 0 Å². The fourth-order valence-electron chi connectivity index (χ4n) is 4.39. The van der Waals surface area contributed by atoms with Crippen molar-refractivity contribution in [1.29, 1.82) is 0 Å². The van der Waals surface area contributed by atoms with Gasteiger partial charge in [0.25, 0.3) is 0 Å². The normalized spacial score (nSPS) is 19.6. The maximum atomic E-state index is 13.1. The van der Waals surface area contributed by atoms with Crippen molar-refractivity contribution in [2.45, 2.75) is 45.5 Å². The van der Waals surface area contributed by atoms with Crippen molar-refractivity contribution >= 4 is 18.0 Å². The smallest absolute Gasteiger partial charge is 0.416 e. The predicted octanol–water partition coefficient (Wildman–Crippen LogP) is 3.34. The number of carbonyl (C=O) groups is 3. The van der Waals surface area contributed by atoms with Crippen LogP contribution in [0.15, 0.2) is 35.5 Å². The van der Waals surface area contributed by atoms with E-state index in [0.29, 0.717) is 43.9 Å². The summed E-state index contributed by atoms with van der Waals surface area (Å²) >= 11 is 0. The number of alkyl halides is 3. The third-order valence-corrected chi connectivity index (χ3v) is 6.30. The molecule has 0 unspecified atom stereocenters. The van der Waals surface area contributed by atoms with E-state index >= 15 is 0 Å². The molecule has 0 spiro atoms. The second-order valence-corrected chi connectivity index (χ2v) is 9.36. The van der Waals surface area contributed by atoms with Crippen LogP contribution in [0.3, 0.4) is 0 Å². The number of carbonyl (C=O) groups excluding carboxylic acids is 3. The molecule has 4 amide bonds. The van der Waals surface area contributed by atoms with E-state index in [2.05, 4.69) is 15.5 Å². The Hall–Kier alpha value is -3.28. The quantitative estimate of drug-likeness (QED) is 0.556. The fourth-order valence-corrected chi connectivity index (χ4v) is 4.39. The predicted molar refractivity (Wildman–Crippen MR) is 130 cm³/mol. The highest BCUT2D eigenvalue weighted by Gasteiger charge is 2.38. The number of benzene rings is 1. The first-order valence-corrected chi connectivity index (χ1v) is 12.3. The molecule has 0 saturated carbocycles. The molecule has 2 N–H and O–H groups in total. The number of halogens is 3. The summed E-state index contributed by atoms with van der Waals surface area (Å²) in [5.74, 6) is -0.651. The molecule has 2 heterocycles. The van der Waals surface area contributed by atoms with Crippen LogP contribution in [-0.2, 0) is 15.7 Å². The standard InChI is InChI=1S/C25H34F3N5O4/c1-5-37-22(34)20-19(15-32-11-6-12-33(14-13-32)24(36)29-16(2)3)31(4)23(35)30-21(20)17-7-9-18(10-8-17)25(26,27)28/h7-10,16,21H,5-6,11-15H2,1-4H3,(H,29,36)(H,30,35)/t21-/m0/s1. The summed E-state index contributed by atoms with van der Waals surface area (Å²) in [6.07, 6.45) is -3.81. The molecule has 37 heavy (non-hydrogen) atoms. The van der Waals surface area contributed by atoms with Gasteiger partial charge in [0.2, 0.25) is 0 Å². The maximum absolute atomic E-state index is 13.1. The Kier molecular flexibility index (Phi) is 9.06. The lowest BCUT2D eigenvalue weighted by molar-refractivity contribution is -0.139. The van der Waals surface area contributed by atoms with Gasteiger partial charge in [0.1, 0.15) is 0 Å². The van der Waals surface area contributed by atoms with Crippen LogP contribution >= 0.6 is 0 Å². The molecule has 0 aliphatic carbocycles. The van der Waals surface area contributed by atoms with Crippen LogP contribution in [0.2, 0.25) is 0 Å². The van der Waals surface area contributed by atoms with Gasteiger partial charge < -0.3 is 20.3 Å². The lowest BCUT2D eigenvalue weighted by Gasteiger charge is -2.36. The fraction of sp³-hybridized carbons (Fsp3) is 0.560. The summed E-state index contributed by atoms with van der Waals surface area (Å²) in [7, 11) is 1.53. The molecule has 2 aliphatic rings. The third kappa shape index (κ3) is 6.94. The summed E-state index contributed by atoms with van der Waals surface area (Å²) in [6.45, 7) is 7.96. The van der Waals surface area contributed by atoms with Gasteiger partial charge in [-0.15, -0.1) is 0 Å². The first-order chi connectivity index (χ1) is 17.4. The van der Waals surface area contributed by atoms with E-state index in [1.165, 1.54) is 24.1 Å². The van der Waals surface area contributed by atoms with Crippen LogP contribution in [0.25, 0.3) is 0 Å². The van der Waals surface area contributed by atoms with Gasteiger partial charge in [0.15, 0.2) is 0 Å². The zero-order valence-corrected chi connectivity index (χ0v) is 21.5. The second kappa shape index (κ2) is 11.8. The minimum Gasteiger partial charge on any atom is -0.463 e. The van der Waals surface area contributed by atoms with Crippen molar-refractivity contribution in [3.63, 3.8) is 0 Å². The largest absolute Gasteiger partial charge is 0.463 e. The summed E-state index contributed by atoms with van der Waals surface area (Å²) in [6, 6.07) is 2.78. The number of hydrogen-bond donors (Lipinski definition) is 2. The maximum Gasteiger partial charge on any atom is 0.416 e. The number of esters is 1. The van der Waals surface area contributed by atoms with Crippen LogP contribution in [0.5, 0.6) is 0 Å². The molecule has 204 valence electrons. The molecule has 1 aromatic rings. The van der Waals surface area contributed by atoms with Gasteiger partial charge in [-0.2, -0.15) is 13.2 Å². The topological polar surface area (TPSA) is 94.2 Å². The highest BCUT2D eigenvalue weighted by Crippen LogP contribution is 2.34. The van der Waals surface area contributed by atoms with Gasteiger partial charge in [-0.1, -0.05) is 12.1 Å². The van der Waals surface area contributed by atoms with Crippen LogP contribution in [0.1, 0.15) is 44.4 Å². The molecule has 0 aromatic heterocycles. The first-order valence-electron chi connectivity index (χ1n) is 12.3. The number of hydrogen-bond acceptors (Lipinski definition) is 5. The molecular weight excluding hydrogens is 491 g/mol. The highest BCUT2D eigenvalue weighted by atomic mass is 19.4. The Morgan fingerprint density at radius 1 is 1.14 bits per heavy atom. The first kappa shape index (κ1) is 28.3. The monoisotopic (exact) mass is 525 g/mol. The molecule has 1 aromatic carbocycles. The minimum absolute atomic E-state index is 0.0145. The van der Waals surface area contributed by atoms with Gasteiger partial charge in [0, 0.05) is 51.5 Å². The lowest BCUT2D eigenvalue weighted by Crippen LogP contribution is -2.49. The molecule has 2 aliphatic heterocycles. The van der Waals surface area contributed by atoms with E-state index in [9.17, 15) is 27.6 Å². The lowest BCUT2D eigenvalue weighted by atomic mass is 9.93. The number of ether oxygens (including phenoxy) is 1. The SMILES string of the molecule is CCOC(=O)C1=C(CN2CCCN(C(=O)NC(C)C)CC2)N(C)C(=O)N[C@H]1c1ccc(C(F)(F)F)cc1. The van der Waals surface area contributed by atoms with Gasteiger partial charge in [-0.25, -0.2) is 14.4 Å². The zero-order chi connectivity index (χ0) is 27.3. The number of likely N-dealkylation sites (N-methyl/N-ethyl adjacent to an activating group) is 1. The van der Waals surface area contributed by atoms with Crippen molar-refractivity contribution < 1.29 is 32.3 Å². The van der Waals surface area contributed by atoms with Crippen molar-refractivity contribution in [2.24, 2.45) is 0 Å². The van der Waals surface area contributed by atoms with Crippen LogP contribution < -0.4 is 10.6 Å². The van der Waals surface area contributed by atoms with Crippen LogP contribution in [-0.4, -0.2) is 85.2 Å². The highest BCUT2D eigenvalue weighted by molar-refractivity contribution is 5.95. The van der Waals surface area contributed by atoms with E-state index < -0.39 is 29.8 Å². The number of amides is 4.